The van der Waals surface area contributed by atoms with Gasteiger partial charge in [-0.3, -0.25) is 9.59 Å². The van der Waals surface area contributed by atoms with Gasteiger partial charge in [-0.1, -0.05) is 27.7 Å². The van der Waals surface area contributed by atoms with Crippen LogP contribution in [0.4, 0.5) is 0 Å². The van der Waals surface area contributed by atoms with Crippen LogP contribution in [0.25, 0.3) is 0 Å². The zero-order chi connectivity index (χ0) is 18.0. The number of hydrogen-bond acceptors (Lipinski definition) is 3. The van der Waals surface area contributed by atoms with Crippen LogP contribution in [0.1, 0.15) is 54.8 Å². The second-order valence-electron chi connectivity index (χ2n) is 8.31. The SMILES string of the molecule is CC(C)(C)CNC(=O)c1ccc(C(=O)N2CCC(C)(CN)C2)cc1. The monoisotopic (exact) mass is 331 g/mol. The van der Waals surface area contributed by atoms with Crippen molar-refractivity contribution in [3.05, 3.63) is 35.4 Å². The molecule has 1 unspecified atom stereocenters. The van der Waals surface area contributed by atoms with Crippen molar-refractivity contribution in [2.24, 2.45) is 16.6 Å². The van der Waals surface area contributed by atoms with E-state index >= 15 is 0 Å². The minimum atomic E-state index is -0.110. The summed E-state index contributed by atoms with van der Waals surface area (Å²) in [5.74, 6) is -0.102. The summed E-state index contributed by atoms with van der Waals surface area (Å²) in [6.45, 7) is 10.9. The third-order valence-electron chi connectivity index (χ3n) is 4.51. The predicted molar refractivity (Wildman–Crippen MR) is 95.9 cm³/mol. The van der Waals surface area contributed by atoms with Gasteiger partial charge in [0.2, 0.25) is 0 Å². The Kier molecular flexibility index (Phi) is 5.33. The Labute approximate surface area is 144 Å². The van der Waals surface area contributed by atoms with E-state index in [-0.39, 0.29) is 22.6 Å². The Balaban J connectivity index is 1.99. The highest BCUT2D eigenvalue weighted by Crippen LogP contribution is 2.29. The number of rotatable bonds is 4. The highest BCUT2D eigenvalue weighted by atomic mass is 16.2. The van der Waals surface area contributed by atoms with Crippen LogP contribution in [0.15, 0.2) is 24.3 Å². The normalized spacial score (nSPS) is 21.0. The standard InChI is InChI=1S/C19H29N3O2/c1-18(2,3)12-21-16(23)14-5-7-15(8-6-14)17(24)22-10-9-19(4,11-20)13-22/h5-8H,9-13,20H2,1-4H3,(H,21,23). The summed E-state index contributed by atoms with van der Waals surface area (Å²) >= 11 is 0. The van der Waals surface area contributed by atoms with Crippen molar-refractivity contribution in [2.75, 3.05) is 26.2 Å². The number of hydrogen-bond donors (Lipinski definition) is 2. The van der Waals surface area contributed by atoms with Crippen molar-refractivity contribution in [2.45, 2.75) is 34.1 Å². The Morgan fingerprint density at radius 2 is 1.79 bits per heavy atom. The van der Waals surface area contributed by atoms with Crippen molar-refractivity contribution < 1.29 is 9.59 Å². The second-order valence-corrected chi connectivity index (χ2v) is 8.31. The van der Waals surface area contributed by atoms with Crippen LogP contribution in [-0.2, 0) is 0 Å². The highest BCUT2D eigenvalue weighted by Gasteiger charge is 2.35. The molecule has 1 fully saturated rings. The molecule has 2 rings (SSSR count). The summed E-state index contributed by atoms with van der Waals surface area (Å²) in [6, 6.07) is 6.88. The van der Waals surface area contributed by atoms with Crippen molar-refractivity contribution in [3.8, 4) is 0 Å². The van der Waals surface area contributed by atoms with E-state index in [1.165, 1.54) is 0 Å². The number of amides is 2. The van der Waals surface area contributed by atoms with E-state index < -0.39 is 0 Å². The van der Waals surface area contributed by atoms with E-state index in [1.807, 2.05) is 4.90 Å². The molecule has 1 aliphatic rings. The number of carbonyl (C=O) groups excluding carboxylic acids is 2. The van der Waals surface area contributed by atoms with Gasteiger partial charge in [0.05, 0.1) is 0 Å². The maximum absolute atomic E-state index is 12.6. The van der Waals surface area contributed by atoms with Gasteiger partial charge < -0.3 is 16.0 Å². The average molecular weight is 331 g/mol. The molecule has 1 saturated heterocycles. The first kappa shape index (κ1) is 18.5. The highest BCUT2D eigenvalue weighted by molar-refractivity contribution is 5.98. The largest absolute Gasteiger partial charge is 0.352 e. The summed E-state index contributed by atoms with van der Waals surface area (Å²) in [4.78, 5) is 26.6. The number of likely N-dealkylation sites (tertiary alicyclic amines) is 1. The van der Waals surface area contributed by atoms with Crippen molar-refractivity contribution >= 4 is 11.8 Å². The Bertz CT molecular complexity index is 604. The van der Waals surface area contributed by atoms with Gasteiger partial charge in [-0.2, -0.15) is 0 Å². The van der Waals surface area contributed by atoms with Gasteiger partial charge in [0.1, 0.15) is 0 Å². The van der Waals surface area contributed by atoms with E-state index in [0.717, 1.165) is 13.0 Å². The molecule has 132 valence electrons. The van der Waals surface area contributed by atoms with Crippen LogP contribution < -0.4 is 11.1 Å². The molecule has 1 aliphatic heterocycles. The number of nitrogens with one attached hydrogen (secondary N) is 1. The average Bonchev–Trinajstić information content (AvgIpc) is 2.94. The summed E-state index contributed by atoms with van der Waals surface area (Å²) in [5.41, 5.74) is 7.04. The summed E-state index contributed by atoms with van der Waals surface area (Å²) in [6.07, 6.45) is 0.933. The van der Waals surface area contributed by atoms with E-state index in [2.05, 4.69) is 33.0 Å². The molecule has 0 spiro atoms. The van der Waals surface area contributed by atoms with Gasteiger partial charge in [0.25, 0.3) is 11.8 Å². The lowest BCUT2D eigenvalue weighted by atomic mass is 9.90. The van der Waals surface area contributed by atoms with Crippen LogP contribution in [-0.4, -0.2) is 42.9 Å². The summed E-state index contributed by atoms with van der Waals surface area (Å²) in [5, 5.41) is 2.91. The first-order valence-electron chi connectivity index (χ1n) is 8.51. The minimum Gasteiger partial charge on any atom is -0.352 e. The quantitative estimate of drug-likeness (QED) is 0.889. The number of nitrogens with zero attached hydrogens (tertiary/aromatic N) is 1. The van der Waals surface area contributed by atoms with Crippen LogP contribution >= 0.6 is 0 Å². The van der Waals surface area contributed by atoms with Crippen LogP contribution in [0.5, 0.6) is 0 Å². The zero-order valence-electron chi connectivity index (χ0n) is 15.2. The molecule has 5 nitrogen and oxygen atoms in total. The fraction of sp³-hybridized carbons (Fsp3) is 0.579. The van der Waals surface area contributed by atoms with Gasteiger partial charge in [0.15, 0.2) is 0 Å². The number of nitrogens with two attached hydrogens (primary N) is 1. The molecule has 0 radical (unpaired) electrons. The zero-order valence-corrected chi connectivity index (χ0v) is 15.2. The van der Waals surface area contributed by atoms with E-state index in [1.54, 1.807) is 24.3 Å². The minimum absolute atomic E-state index is 0.00817. The van der Waals surface area contributed by atoms with Gasteiger partial charge in [-0.05, 0) is 48.1 Å². The molecule has 1 aromatic carbocycles. The lowest BCUT2D eigenvalue weighted by Crippen LogP contribution is -2.34. The molecule has 24 heavy (non-hydrogen) atoms. The smallest absolute Gasteiger partial charge is 0.253 e. The molecule has 1 aromatic rings. The third kappa shape index (κ3) is 4.57. The molecule has 1 atom stereocenters. The number of carbonyl (C=O) groups is 2. The van der Waals surface area contributed by atoms with Crippen LogP contribution in [0.3, 0.4) is 0 Å². The lowest BCUT2D eigenvalue weighted by Gasteiger charge is -2.22. The van der Waals surface area contributed by atoms with E-state index in [0.29, 0.717) is 30.8 Å². The predicted octanol–water partition coefficient (Wildman–Crippen LogP) is 2.27. The van der Waals surface area contributed by atoms with Gasteiger partial charge in [-0.15, -0.1) is 0 Å². The molecular weight excluding hydrogens is 302 g/mol. The van der Waals surface area contributed by atoms with Crippen LogP contribution in [0.2, 0.25) is 0 Å². The maximum Gasteiger partial charge on any atom is 0.253 e. The van der Waals surface area contributed by atoms with E-state index in [4.69, 9.17) is 5.73 Å². The molecule has 0 aliphatic carbocycles. The molecule has 3 N–H and O–H groups in total. The Morgan fingerprint density at radius 3 is 2.29 bits per heavy atom. The Morgan fingerprint density at radius 1 is 1.21 bits per heavy atom. The van der Waals surface area contributed by atoms with Crippen molar-refractivity contribution in [1.29, 1.82) is 0 Å². The van der Waals surface area contributed by atoms with Gasteiger partial charge in [-0.25, -0.2) is 0 Å². The third-order valence-corrected chi connectivity index (χ3v) is 4.51. The Hall–Kier alpha value is -1.88. The molecule has 0 aromatic heterocycles. The maximum atomic E-state index is 12.6. The first-order chi connectivity index (χ1) is 11.1. The molecule has 1 heterocycles. The summed E-state index contributed by atoms with van der Waals surface area (Å²) < 4.78 is 0. The second kappa shape index (κ2) is 6.93. The van der Waals surface area contributed by atoms with Crippen molar-refractivity contribution in [1.82, 2.24) is 10.2 Å². The molecule has 0 bridgehead atoms. The summed E-state index contributed by atoms with van der Waals surface area (Å²) in [7, 11) is 0. The molecule has 0 saturated carbocycles. The van der Waals surface area contributed by atoms with Crippen molar-refractivity contribution in [3.63, 3.8) is 0 Å². The molecular formula is C19H29N3O2. The lowest BCUT2D eigenvalue weighted by molar-refractivity contribution is 0.0776. The topological polar surface area (TPSA) is 75.4 Å². The number of benzene rings is 1. The van der Waals surface area contributed by atoms with Crippen LogP contribution in [0, 0.1) is 10.8 Å². The first-order valence-corrected chi connectivity index (χ1v) is 8.51. The van der Waals surface area contributed by atoms with Gasteiger partial charge >= 0.3 is 0 Å². The fourth-order valence-corrected chi connectivity index (χ4v) is 2.76. The fourth-order valence-electron chi connectivity index (χ4n) is 2.76. The molecule has 5 heteroatoms. The molecule has 2 amide bonds. The van der Waals surface area contributed by atoms with E-state index in [9.17, 15) is 9.59 Å². The van der Waals surface area contributed by atoms with Gasteiger partial charge in [0, 0.05) is 30.8 Å².